The first-order valence-electron chi connectivity index (χ1n) is 4.94. The molecule has 1 N–H and O–H groups in total. The van der Waals surface area contributed by atoms with Crippen LogP contribution < -0.4 is 5.32 Å². The molecule has 4 nitrogen and oxygen atoms in total. The second kappa shape index (κ2) is 5.78. The lowest BCUT2D eigenvalue weighted by atomic mass is 10.3. The van der Waals surface area contributed by atoms with Gasteiger partial charge in [-0.3, -0.25) is 0 Å². The number of hydrogen-bond donors (Lipinski definition) is 1. The Morgan fingerprint density at radius 2 is 2.43 bits per heavy atom. The number of ether oxygens (including phenoxy) is 1. The van der Waals surface area contributed by atoms with Crippen LogP contribution >= 0.6 is 0 Å². The van der Waals surface area contributed by atoms with E-state index in [2.05, 4.69) is 21.8 Å². The summed E-state index contributed by atoms with van der Waals surface area (Å²) in [5.41, 5.74) is 0. The minimum absolute atomic E-state index is 0.439. The van der Waals surface area contributed by atoms with Crippen molar-refractivity contribution in [1.82, 2.24) is 14.9 Å². The Labute approximate surface area is 85.3 Å². The predicted molar refractivity (Wildman–Crippen MR) is 56.4 cm³/mol. The topological polar surface area (TPSA) is 39.1 Å². The van der Waals surface area contributed by atoms with Gasteiger partial charge in [0, 0.05) is 38.6 Å². The van der Waals surface area contributed by atoms with Crippen LogP contribution in [0.1, 0.15) is 18.8 Å². The highest BCUT2D eigenvalue weighted by atomic mass is 16.5. The lowest BCUT2D eigenvalue weighted by molar-refractivity contribution is 0.198. The monoisotopic (exact) mass is 197 g/mol. The van der Waals surface area contributed by atoms with Crippen molar-refractivity contribution in [3.05, 3.63) is 18.2 Å². The number of aryl methyl sites for hydroxylation is 1. The summed E-state index contributed by atoms with van der Waals surface area (Å²) >= 11 is 0. The molecule has 0 fully saturated rings. The molecule has 14 heavy (non-hydrogen) atoms. The summed E-state index contributed by atoms with van der Waals surface area (Å²) in [5, 5.41) is 3.33. The number of nitrogens with zero attached hydrogens (tertiary/aromatic N) is 2. The third-order valence-corrected chi connectivity index (χ3v) is 2.26. The van der Waals surface area contributed by atoms with Gasteiger partial charge in [0.2, 0.25) is 0 Å². The Hall–Kier alpha value is -0.870. The normalized spacial score (nSPS) is 13.1. The van der Waals surface area contributed by atoms with Crippen molar-refractivity contribution in [2.45, 2.75) is 19.9 Å². The van der Waals surface area contributed by atoms with Crippen LogP contribution in [-0.4, -0.2) is 36.4 Å². The third kappa shape index (κ3) is 3.12. The van der Waals surface area contributed by atoms with Gasteiger partial charge in [0.15, 0.2) is 0 Å². The van der Waals surface area contributed by atoms with Gasteiger partial charge in [0.1, 0.15) is 5.82 Å². The molecule has 0 amide bonds. The molecule has 0 saturated heterocycles. The van der Waals surface area contributed by atoms with E-state index in [-0.39, 0.29) is 0 Å². The smallest absolute Gasteiger partial charge is 0.105 e. The Morgan fingerprint density at radius 1 is 1.64 bits per heavy atom. The van der Waals surface area contributed by atoms with E-state index in [1.807, 2.05) is 19.3 Å². The molecule has 0 bridgehead atoms. The number of aromatic nitrogens is 2. The highest BCUT2D eigenvalue weighted by Gasteiger charge is 2.05. The Kier molecular flexibility index (Phi) is 4.62. The second-order valence-corrected chi connectivity index (χ2v) is 3.43. The van der Waals surface area contributed by atoms with E-state index in [0.29, 0.717) is 6.04 Å². The van der Waals surface area contributed by atoms with Crippen molar-refractivity contribution in [3.8, 4) is 0 Å². The summed E-state index contributed by atoms with van der Waals surface area (Å²) in [6.07, 6.45) is 3.85. The maximum absolute atomic E-state index is 4.96. The number of imidazole rings is 1. The summed E-state index contributed by atoms with van der Waals surface area (Å²) in [5.74, 6) is 1.06. The zero-order valence-corrected chi connectivity index (χ0v) is 9.16. The molecule has 0 aliphatic heterocycles. The molecule has 4 heteroatoms. The molecule has 1 rings (SSSR count). The summed E-state index contributed by atoms with van der Waals surface area (Å²) in [7, 11) is 1.71. The SMILES string of the molecule is COCCNCC(C)n1ccnc1C. The van der Waals surface area contributed by atoms with Gasteiger partial charge >= 0.3 is 0 Å². The number of rotatable bonds is 6. The van der Waals surface area contributed by atoms with Crippen LogP contribution in [0.25, 0.3) is 0 Å². The summed E-state index contributed by atoms with van der Waals surface area (Å²) < 4.78 is 7.12. The zero-order valence-electron chi connectivity index (χ0n) is 9.16. The van der Waals surface area contributed by atoms with E-state index >= 15 is 0 Å². The van der Waals surface area contributed by atoms with Gasteiger partial charge < -0.3 is 14.6 Å². The summed E-state index contributed by atoms with van der Waals surface area (Å²) in [6, 6.07) is 0.439. The van der Waals surface area contributed by atoms with E-state index in [9.17, 15) is 0 Å². The lowest BCUT2D eigenvalue weighted by Crippen LogP contribution is -2.26. The second-order valence-electron chi connectivity index (χ2n) is 3.43. The molecule has 0 spiro atoms. The lowest BCUT2D eigenvalue weighted by Gasteiger charge is -2.15. The summed E-state index contributed by atoms with van der Waals surface area (Å²) in [4.78, 5) is 4.19. The van der Waals surface area contributed by atoms with Crippen LogP contribution in [-0.2, 0) is 4.74 Å². The molecule has 1 heterocycles. The standard InChI is InChI=1S/C10H19N3O/c1-9(8-11-5-7-14-3)13-6-4-12-10(13)2/h4,6,9,11H,5,7-8H2,1-3H3. The maximum atomic E-state index is 4.96. The van der Waals surface area contributed by atoms with Gasteiger partial charge in [-0.1, -0.05) is 0 Å². The van der Waals surface area contributed by atoms with Crippen LogP contribution in [0.4, 0.5) is 0 Å². The van der Waals surface area contributed by atoms with E-state index in [4.69, 9.17) is 4.74 Å². The molecule has 1 aromatic rings. The number of hydrogen-bond acceptors (Lipinski definition) is 3. The molecule has 1 unspecified atom stereocenters. The predicted octanol–water partition coefficient (Wildman–Crippen LogP) is 0.989. The zero-order chi connectivity index (χ0) is 10.4. The minimum atomic E-state index is 0.439. The summed E-state index contributed by atoms with van der Waals surface area (Å²) in [6.45, 7) is 6.80. The van der Waals surface area contributed by atoms with Crippen molar-refractivity contribution < 1.29 is 4.74 Å². The molecule has 0 aliphatic carbocycles. The number of methoxy groups -OCH3 is 1. The molecule has 80 valence electrons. The largest absolute Gasteiger partial charge is 0.383 e. The fourth-order valence-electron chi connectivity index (χ4n) is 1.44. The first kappa shape index (κ1) is 11.2. The molecule has 1 atom stereocenters. The van der Waals surface area contributed by atoms with Gasteiger partial charge in [-0.05, 0) is 13.8 Å². The van der Waals surface area contributed by atoms with Crippen LogP contribution in [0.3, 0.4) is 0 Å². The molecular formula is C10H19N3O. The van der Waals surface area contributed by atoms with Crippen molar-refractivity contribution >= 4 is 0 Å². The van der Waals surface area contributed by atoms with Gasteiger partial charge in [0.05, 0.1) is 6.61 Å². The highest BCUT2D eigenvalue weighted by Crippen LogP contribution is 2.06. The van der Waals surface area contributed by atoms with Gasteiger partial charge in [0.25, 0.3) is 0 Å². The Bertz CT molecular complexity index is 260. The molecular weight excluding hydrogens is 178 g/mol. The molecule has 0 radical (unpaired) electrons. The average molecular weight is 197 g/mol. The quantitative estimate of drug-likeness (QED) is 0.691. The minimum Gasteiger partial charge on any atom is -0.383 e. The van der Waals surface area contributed by atoms with Gasteiger partial charge in [-0.25, -0.2) is 4.98 Å². The van der Waals surface area contributed by atoms with Gasteiger partial charge in [-0.2, -0.15) is 0 Å². The fourth-order valence-corrected chi connectivity index (χ4v) is 1.44. The van der Waals surface area contributed by atoms with E-state index in [0.717, 1.165) is 25.5 Å². The molecule has 0 aromatic carbocycles. The van der Waals surface area contributed by atoms with Crippen molar-refractivity contribution in [3.63, 3.8) is 0 Å². The van der Waals surface area contributed by atoms with Crippen molar-refractivity contribution in [2.24, 2.45) is 0 Å². The number of nitrogens with one attached hydrogen (secondary N) is 1. The van der Waals surface area contributed by atoms with Crippen LogP contribution in [0, 0.1) is 6.92 Å². The van der Waals surface area contributed by atoms with Crippen LogP contribution in [0.15, 0.2) is 12.4 Å². The van der Waals surface area contributed by atoms with Gasteiger partial charge in [-0.15, -0.1) is 0 Å². The average Bonchev–Trinajstić information content (AvgIpc) is 2.59. The van der Waals surface area contributed by atoms with Crippen molar-refractivity contribution in [1.29, 1.82) is 0 Å². The molecule has 0 aliphatic rings. The van der Waals surface area contributed by atoms with E-state index in [1.165, 1.54) is 0 Å². The molecule has 0 saturated carbocycles. The maximum Gasteiger partial charge on any atom is 0.105 e. The first-order valence-corrected chi connectivity index (χ1v) is 4.94. The highest BCUT2D eigenvalue weighted by molar-refractivity contribution is 4.91. The van der Waals surface area contributed by atoms with Crippen LogP contribution in [0.5, 0.6) is 0 Å². The van der Waals surface area contributed by atoms with Crippen LogP contribution in [0.2, 0.25) is 0 Å². The van der Waals surface area contributed by atoms with E-state index in [1.54, 1.807) is 7.11 Å². The third-order valence-electron chi connectivity index (χ3n) is 2.26. The van der Waals surface area contributed by atoms with E-state index < -0.39 is 0 Å². The first-order chi connectivity index (χ1) is 6.75. The molecule has 1 aromatic heterocycles. The van der Waals surface area contributed by atoms with Crippen molar-refractivity contribution in [2.75, 3.05) is 26.8 Å². The Morgan fingerprint density at radius 3 is 3.00 bits per heavy atom. The Balaban J connectivity index is 2.28. The fraction of sp³-hybridized carbons (Fsp3) is 0.700.